The summed E-state index contributed by atoms with van der Waals surface area (Å²) in [5, 5.41) is 8.22. The second kappa shape index (κ2) is 8.35. The second-order valence-corrected chi connectivity index (χ2v) is 9.02. The van der Waals surface area contributed by atoms with Crippen molar-refractivity contribution in [3.8, 4) is 23.0 Å². The number of aromatic nitrogens is 2. The normalized spacial score (nSPS) is 12.6. The summed E-state index contributed by atoms with van der Waals surface area (Å²) < 4.78 is 44.2. The third-order valence-corrected chi connectivity index (χ3v) is 6.10. The van der Waals surface area contributed by atoms with E-state index in [1.54, 1.807) is 36.4 Å². The molecule has 0 unspecified atom stereocenters. The molecule has 0 atom stereocenters. The molecule has 0 saturated heterocycles. The number of nitrogens with zero attached hydrogens (tertiary/aromatic N) is 2. The molecule has 0 amide bonds. The van der Waals surface area contributed by atoms with Gasteiger partial charge in [0.25, 0.3) is 0 Å². The van der Waals surface area contributed by atoms with Gasteiger partial charge in [0.05, 0.1) is 12.2 Å². The van der Waals surface area contributed by atoms with Gasteiger partial charge in [-0.05, 0) is 41.5 Å². The number of nitrogens with one attached hydrogen (secondary N) is 1. The molecule has 4 aromatic rings. The van der Waals surface area contributed by atoms with Crippen molar-refractivity contribution < 1.29 is 22.3 Å². The van der Waals surface area contributed by atoms with E-state index in [1.165, 1.54) is 0 Å². The number of hydrogen-bond donors (Lipinski definition) is 1. The van der Waals surface area contributed by atoms with Gasteiger partial charge in [0, 0.05) is 11.3 Å². The molecule has 5 rings (SSSR count). The lowest BCUT2D eigenvalue weighted by atomic mass is 10.1. The molecule has 2 heterocycles. The van der Waals surface area contributed by atoms with Gasteiger partial charge in [-0.15, -0.1) is 10.2 Å². The van der Waals surface area contributed by atoms with Crippen molar-refractivity contribution in [3.05, 3.63) is 89.8 Å². The summed E-state index contributed by atoms with van der Waals surface area (Å²) in [5.41, 5.74) is 2.70. The van der Waals surface area contributed by atoms with Crippen LogP contribution in [0.3, 0.4) is 0 Å². The van der Waals surface area contributed by atoms with Crippen LogP contribution in [-0.2, 0) is 22.2 Å². The highest BCUT2D eigenvalue weighted by Crippen LogP contribution is 2.33. The first-order chi connectivity index (χ1) is 15.5. The molecule has 0 bridgehead atoms. The second-order valence-electron chi connectivity index (χ2n) is 7.29. The average Bonchev–Trinajstić information content (AvgIpc) is 3.43. The minimum absolute atomic E-state index is 0.113. The molecular formula is C23H19N3O5S. The van der Waals surface area contributed by atoms with Crippen molar-refractivity contribution in [3.63, 3.8) is 0 Å². The summed E-state index contributed by atoms with van der Waals surface area (Å²) >= 11 is 0. The maximum Gasteiger partial charge on any atom is 0.247 e. The summed E-state index contributed by atoms with van der Waals surface area (Å²) in [7, 11) is -3.57. The molecule has 0 fully saturated rings. The predicted molar refractivity (Wildman–Crippen MR) is 118 cm³/mol. The molecule has 3 aromatic carbocycles. The number of rotatable bonds is 7. The van der Waals surface area contributed by atoms with Crippen LogP contribution in [0.1, 0.15) is 17.0 Å². The van der Waals surface area contributed by atoms with Gasteiger partial charge in [-0.2, -0.15) is 0 Å². The Labute approximate surface area is 184 Å². The molecule has 1 aromatic heterocycles. The lowest BCUT2D eigenvalue weighted by molar-refractivity contribution is 0.174. The Hall–Kier alpha value is -3.85. The lowest BCUT2D eigenvalue weighted by Gasteiger charge is -2.08. The Balaban J connectivity index is 1.30. The van der Waals surface area contributed by atoms with Crippen molar-refractivity contribution in [2.24, 2.45) is 0 Å². The molecule has 0 spiro atoms. The molecule has 0 saturated carbocycles. The van der Waals surface area contributed by atoms with Crippen molar-refractivity contribution in [2.45, 2.75) is 12.2 Å². The summed E-state index contributed by atoms with van der Waals surface area (Å²) in [6.07, 6.45) is 0.438. The van der Waals surface area contributed by atoms with Gasteiger partial charge in [-0.3, -0.25) is 4.72 Å². The Bertz CT molecular complexity index is 1350. The average molecular weight is 449 g/mol. The zero-order valence-electron chi connectivity index (χ0n) is 16.9. The smallest absolute Gasteiger partial charge is 0.247 e. The van der Waals surface area contributed by atoms with Crippen LogP contribution in [0.15, 0.2) is 77.2 Å². The van der Waals surface area contributed by atoms with Crippen LogP contribution < -0.4 is 14.2 Å². The number of benzene rings is 3. The molecule has 9 heteroatoms. The SMILES string of the molecule is O=S(=O)(Cc1ccccc1)Nc1cccc(-c2nnc(Cc3ccc4c(c3)OCO4)o2)c1. The fraction of sp³-hybridized carbons (Fsp3) is 0.130. The Morgan fingerprint density at radius 1 is 0.844 bits per heavy atom. The fourth-order valence-electron chi connectivity index (χ4n) is 3.39. The van der Waals surface area contributed by atoms with Crippen molar-refractivity contribution in [1.82, 2.24) is 10.2 Å². The maximum absolute atomic E-state index is 12.5. The first kappa shape index (κ1) is 20.1. The molecule has 0 aliphatic carbocycles. The number of anilines is 1. The van der Waals surface area contributed by atoms with Crippen LogP contribution in [-0.4, -0.2) is 25.4 Å². The van der Waals surface area contributed by atoms with Gasteiger partial charge >= 0.3 is 0 Å². The molecule has 1 aliphatic rings. The Morgan fingerprint density at radius 3 is 2.56 bits per heavy atom. The fourth-order valence-corrected chi connectivity index (χ4v) is 4.58. The van der Waals surface area contributed by atoms with Crippen molar-refractivity contribution in [2.75, 3.05) is 11.5 Å². The zero-order chi connectivity index (χ0) is 22.0. The number of fused-ring (bicyclic) bond motifs is 1. The first-order valence-corrected chi connectivity index (χ1v) is 11.6. The van der Waals surface area contributed by atoms with Crippen LogP contribution in [0, 0.1) is 0 Å². The van der Waals surface area contributed by atoms with E-state index in [4.69, 9.17) is 13.9 Å². The number of hydrogen-bond acceptors (Lipinski definition) is 7. The highest BCUT2D eigenvalue weighted by Gasteiger charge is 2.16. The first-order valence-electron chi connectivity index (χ1n) is 9.90. The van der Waals surface area contributed by atoms with Crippen LogP contribution in [0.25, 0.3) is 11.5 Å². The molecule has 8 nitrogen and oxygen atoms in total. The predicted octanol–water partition coefficient (Wildman–Crippen LogP) is 4.00. The van der Waals surface area contributed by atoms with Crippen LogP contribution in [0.4, 0.5) is 5.69 Å². The topological polar surface area (TPSA) is 104 Å². The highest BCUT2D eigenvalue weighted by atomic mass is 32.2. The van der Waals surface area contributed by atoms with Gasteiger partial charge in [0.15, 0.2) is 11.5 Å². The van der Waals surface area contributed by atoms with E-state index >= 15 is 0 Å². The van der Waals surface area contributed by atoms with E-state index in [9.17, 15) is 8.42 Å². The number of ether oxygens (including phenoxy) is 2. The minimum Gasteiger partial charge on any atom is -0.454 e. The van der Waals surface area contributed by atoms with Crippen LogP contribution in [0.5, 0.6) is 11.5 Å². The van der Waals surface area contributed by atoms with E-state index < -0.39 is 10.0 Å². The molecular weight excluding hydrogens is 430 g/mol. The van der Waals surface area contributed by atoms with Gasteiger partial charge in [-0.1, -0.05) is 42.5 Å². The van der Waals surface area contributed by atoms with E-state index in [1.807, 2.05) is 36.4 Å². The summed E-state index contributed by atoms with van der Waals surface area (Å²) in [6.45, 7) is 0.217. The highest BCUT2D eigenvalue weighted by molar-refractivity contribution is 7.91. The minimum atomic E-state index is -3.57. The number of sulfonamides is 1. The summed E-state index contributed by atoms with van der Waals surface area (Å²) in [6, 6.07) is 21.5. The van der Waals surface area contributed by atoms with Crippen LogP contribution >= 0.6 is 0 Å². The Kier molecular flexibility index (Phi) is 5.24. The molecule has 162 valence electrons. The molecule has 1 aliphatic heterocycles. The maximum atomic E-state index is 12.5. The van der Waals surface area contributed by atoms with Gasteiger partial charge in [0.1, 0.15) is 0 Å². The quantitative estimate of drug-likeness (QED) is 0.455. The zero-order valence-corrected chi connectivity index (χ0v) is 17.7. The van der Waals surface area contributed by atoms with Crippen molar-refractivity contribution >= 4 is 15.7 Å². The Morgan fingerprint density at radius 2 is 1.69 bits per heavy atom. The lowest BCUT2D eigenvalue weighted by Crippen LogP contribution is -2.15. The van der Waals surface area contributed by atoms with E-state index in [0.717, 1.165) is 5.56 Å². The monoisotopic (exact) mass is 449 g/mol. The van der Waals surface area contributed by atoms with E-state index in [2.05, 4.69) is 14.9 Å². The van der Waals surface area contributed by atoms with E-state index in [-0.39, 0.29) is 12.5 Å². The van der Waals surface area contributed by atoms with Gasteiger partial charge in [0.2, 0.25) is 28.6 Å². The van der Waals surface area contributed by atoms with Crippen LogP contribution in [0.2, 0.25) is 0 Å². The molecule has 0 radical (unpaired) electrons. The largest absolute Gasteiger partial charge is 0.454 e. The van der Waals surface area contributed by atoms with E-state index in [0.29, 0.717) is 46.5 Å². The molecule has 32 heavy (non-hydrogen) atoms. The third kappa shape index (κ3) is 4.57. The van der Waals surface area contributed by atoms with Gasteiger partial charge in [-0.25, -0.2) is 8.42 Å². The summed E-state index contributed by atoms with van der Waals surface area (Å²) in [5.74, 6) is 2.04. The summed E-state index contributed by atoms with van der Waals surface area (Å²) in [4.78, 5) is 0. The third-order valence-electron chi connectivity index (χ3n) is 4.84. The standard InChI is InChI=1S/C23H19N3O5S/c27-32(28,14-16-5-2-1-3-6-16)26-19-8-4-7-18(13-19)23-25-24-22(31-23)12-17-9-10-20-21(11-17)30-15-29-20/h1-11,13,26H,12,14-15H2. The molecule has 1 N–H and O–H groups in total. The van der Waals surface area contributed by atoms with Gasteiger partial charge < -0.3 is 13.9 Å². The van der Waals surface area contributed by atoms with Crippen molar-refractivity contribution in [1.29, 1.82) is 0 Å².